The van der Waals surface area contributed by atoms with Gasteiger partial charge in [-0.2, -0.15) is 0 Å². The molecule has 0 saturated heterocycles. The molecule has 0 unspecified atom stereocenters. The van der Waals surface area contributed by atoms with Crippen LogP contribution in [0.3, 0.4) is 0 Å². The number of rotatable bonds is 9. The highest BCUT2D eigenvalue weighted by molar-refractivity contribution is 5.87. The summed E-state index contributed by atoms with van der Waals surface area (Å²) in [7, 11) is 0. The lowest BCUT2D eigenvalue weighted by Crippen LogP contribution is -2.31. The van der Waals surface area contributed by atoms with Crippen molar-refractivity contribution in [3.63, 3.8) is 0 Å². The van der Waals surface area contributed by atoms with Crippen molar-refractivity contribution in [2.75, 3.05) is 18.5 Å². The summed E-state index contributed by atoms with van der Waals surface area (Å²) < 4.78 is 11.0. The average Bonchev–Trinajstić information content (AvgIpc) is 3.20. The number of hydrogen-bond donors (Lipinski definition) is 3. The van der Waals surface area contributed by atoms with Gasteiger partial charge in [0.2, 0.25) is 0 Å². The van der Waals surface area contributed by atoms with E-state index in [0.29, 0.717) is 16.8 Å². The molecule has 0 radical (unpaired) electrons. The number of carboxylic acids is 1. The molecule has 0 heterocycles. The number of esters is 1. The summed E-state index contributed by atoms with van der Waals surface area (Å²) >= 11 is 0. The Balaban J connectivity index is 1.49. The van der Waals surface area contributed by atoms with Crippen molar-refractivity contribution >= 4 is 23.7 Å². The van der Waals surface area contributed by atoms with Crippen LogP contribution in [0.1, 0.15) is 60.1 Å². The fraction of sp³-hybridized carbons (Fsp3) is 0.344. The van der Waals surface area contributed by atoms with Crippen LogP contribution in [-0.4, -0.2) is 41.9 Å². The standard InChI is InChI=1S/C32H36N2O6/c1-19-21(16-33-17-30(37)40-32(3,4)5)14-28(20(2)26(19)15-29(35)36)34-31(38)39-18-27-24-12-8-6-10-22(24)23-11-7-9-13-25(23)27/h6-14,27,33H,15-18H2,1-5H3,(H,34,38)(H,35,36). The van der Waals surface area contributed by atoms with E-state index in [2.05, 4.69) is 34.9 Å². The van der Waals surface area contributed by atoms with Crippen molar-refractivity contribution in [3.8, 4) is 11.1 Å². The van der Waals surface area contributed by atoms with E-state index in [-0.39, 0.29) is 38.0 Å². The van der Waals surface area contributed by atoms with E-state index < -0.39 is 17.7 Å². The van der Waals surface area contributed by atoms with Crippen LogP contribution in [0.25, 0.3) is 11.1 Å². The highest BCUT2D eigenvalue weighted by atomic mass is 16.6. The van der Waals surface area contributed by atoms with Crippen LogP contribution in [0.4, 0.5) is 10.5 Å². The molecule has 8 heteroatoms. The second-order valence-corrected chi connectivity index (χ2v) is 11.0. The summed E-state index contributed by atoms with van der Waals surface area (Å²) in [6, 6.07) is 18.0. The summed E-state index contributed by atoms with van der Waals surface area (Å²) in [6.07, 6.45) is -0.820. The summed E-state index contributed by atoms with van der Waals surface area (Å²) in [5.74, 6) is -1.44. The van der Waals surface area contributed by atoms with Crippen LogP contribution in [0.2, 0.25) is 0 Å². The Morgan fingerprint density at radius 3 is 2.10 bits per heavy atom. The SMILES string of the molecule is Cc1c(CNCC(=O)OC(C)(C)C)cc(NC(=O)OCC2c3ccccc3-c3ccccc32)c(C)c1CC(=O)O. The smallest absolute Gasteiger partial charge is 0.411 e. The highest BCUT2D eigenvalue weighted by Gasteiger charge is 2.29. The van der Waals surface area contributed by atoms with Gasteiger partial charge in [-0.25, -0.2) is 4.79 Å². The number of ether oxygens (including phenoxy) is 2. The third-order valence-corrected chi connectivity index (χ3v) is 7.02. The van der Waals surface area contributed by atoms with Crippen molar-refractivity contribution in [2.45, 2.75) is 59.1 Å². The van der Waals surface area contributed by atoms with Gasteiger partial charge in [-0.15, -0.1) is 0 Å². The Bertz CT molecular complexity index is 1390. The van der Waals surface area contributed by atoms with Crippen molar-refractivity contribution < 1.29 is 29.0 Å². The van der Waals surface area contributed by atoms with E-state index in [4.69, 9.17) is 9.47 Å². The lowest BCUT2D eigenvalue weighted by atomic mass is 9.93. The Kier molecular flexibility index (Phi) is 8.59. The molecule has 0 aromatic heterocycles. The third kappa shape index (κ3) is 6.69. The molecule has 0 fully saturated rings. The quantitative estimate of drug-likeness (QED) is 0.295. The van der Waals surface area contributed by atoms with E-state index in [1.54, 1.807) is 33.8 Å². The van der Waals surface area contributed by atoms with Gasteiger partial charge in [0.1, 0.15) is 12.2 Å². The second kappa shape index (κ2) is 11.9. The number of fused-ring (bicyclic) bond motifs is 3. The minimum absolute atomic E-state index is 0.00596. The third-order valence-electron chi connectivity index (χ3n) is 7.02. The summed E-state index contributed by atoms with van der Waals surface area (Å²) in [4.78, 5) is 36.7. The maximum absolute atomic E-state index is 13.0. The Morgan fingerprint density at radius 1 is 0.925 bits per heavy atom. The average molecular weight is 545 g/mol. The first-order valence-electron chi connectivity index (χ1n) is 13.3. The van der Waals surface area contributed by atoms with E-state index in [9.17, 15) is 19.5 Å². The first kappa shape index (κ1) is 28.8. The molecule has 1 aliphatic carbocycles. The van der Waals surface area contributed by atoms with Crippen LogP contribution in [-0.2, 0) is 32.0 Å². The minimum atomic E-state index is -0.975. The zero-order chi connectivity index (χ0) is 29.0. The van der Waals surface area contributed by atoms with E-state index in [1.165, 1.54) is 0 Å². The summed E-state index contributed by atoms with van der Waals surface area (Å²) in [5.41, 5.74) is 7.21. The largest absolute Gasteiger partial charge is 0.481 e. The number of carbonyl (C=O) groups excluding carboxylic acids is 2. The molecule has 210 valence electrons. The molecule has 0 atom stereocenters. The lowest BCUT2D eigenvalue weighted by Gasteiger charge is -2.21. The van der Waals surface area contributed by atoms with Crippen LogP contribution in [0.5, 0.6) is 0 Å². The number of anilines is 1. The summed E-state index contributed by atoms with van der Waals surface area (Å²) in [6.45, 7) is 9.47. The predicted octanol–water partition coefficient (Wildman–Crippen LogP) is 5.72. The monoisotopic (exact) mass is 544 g/mol. The van der Waals surface area contributed by atoms with Crippen molar-refractivity contribution in [2.24, 2.45) is 0 Å². The van der Waals surface area contributed by atoms with Gasteiger partial charge in [0, 0.05) is 18.2 Å². The maximum Gasteiger partial charge on any atom is 0.411 e. The molecule has 0 aliphatic heterocycles. The minimum Gasteiger partial charge on any atom is -0.481 e. The molecule has 0 bridgehead atoms. The highest BCUT2D eigenvalue weighted by Crippen LogP contribution is 2.44. The van der Waals surface area contributed by atoms with Gasteiger partial charge in [0.15, 0.2) is 0 Å². The molecule has 3 N–H and O–H groups in total. The zero-order valence-corrected chi connectivity index (χ0v) is 23.6. The van der Waals surface area contributed by atoms with Crippen LogP contribution < -0.4 is 10.6 Å². The normalized spacial score (nSPS) is 12.4. The van der Waals surface area contributed by atoms with Crippen molar-refractivity contribution in [1.29, 1.82) is 0 Å². The van der Waals surface area contributed by atoms with Gasteiger partial charge in [-0.3, -0.25) is 14.9 Å². The second-order valence-electron chi connectivity index (χ2n) is 11.0. The molecule has 0 saturated carbocycles. The van der Waals surface area contributed by atoms with Crippen LogP contribution in [0, 0.1) is 13.8 Å². The molecule has 8 nitrogen and oxygen atoms in total. The Hall–Kier alpha value is -4.17. The number of aliphatic carboxylic acids is 1. The number of carbonyl (C=O) groups is 3. The van der Waals surface area contributed by atoms with E-state index in [0.717, 1.165) is 33.4 Å². The topological polar surface area (TPSA) is 114 Å². The summed E-state index contributed by atoms with van der Waals surface area (Å²) in [5, 5.41) is 15.4. The number of benzene rings is 3. The van der Waals surface area contributed by atoms with Gasteiger partial charge in [-0.1, -0.05) is 48.5 Å². The number of amides is 1. The number of nitrogens with one attached hydrogen (secondary N) is 2. The molecule has 3 aromatic carbocycles. The first-order chi connectivity index (χ1) is 18.9. The van der Waals surface area contributed by atoms with Crippen LogP contribution >= 0.6 is 0 Å². The van der Waals surface area contributed by atoms with E-state index >= 15 is 0 Å². The molecule has 0 spiro atoms. The fourth-order valence-corrected chi connectivity index (χ4v) is 5.18. The van der Waals surface area contributed by atoms with Gasteiger partial charge in [-0.05, 0) is 85.2 Å². The van der Waals surface area contributed by atoms with Gasteiger partial charge in [0.05, 0.1) is 13.0 Å². The van der Waals surface area contributed by atoms with Gasteiger partial charge >= 0.3 is 18.0 Å². The lowest BCUT2D eigenvalue weighted by molar-refractivity contribution is -0.153. The molecule has 40 heavy (non-hydrogen) atoms. The maximum atomic E-state index is 13.0. The number of carboxylic acid groups (broad SMARTS) is 1. The molecular formula is C32H36N2O6. The first-order valence-corrected chi connectivity index (χ1v) is 13.3. The Morgan fingerprint density at radius 2 is 1.52 bits per heavy atom. The van der Waals surface area contributed by atoms with Gasteiger partial charge in [0.25, 0.3) is 0 Å². The molecule has 4 rings (SSSR count). The van der Waals surface area contributed by atoms with Crippen molar-refractivity contribution in [1.82, 2.24) is 5.32 Å². The Labute approximate surface area is 234 Å². The zero-order valence-electron chi connectivity index (χ0n) is 23.6. The molecule has 1 amide bonds. The molecule has 1 aliphatic rings. The fourth-order valence-electron chi connectivity index (χ4n) is 5.18. The van der Waals surface area contributed by atoms with Gasteiger partial charge < -0.3 is 19.9 Å². The molecular weight excluding hydrogens is 508 g/mol. The van der Waals surface area contributed by atoms with E-state index in [1.807, 2.05) is 31.2 Å². The predicted molar refractivity (Wildman–Crippen MR) is 153 cm³/mol. The molecule has 3 aromatic rings. The van der Waals surface area contributed by atoms with Crippen LogP contribution in [0.15, 0.2) is 54.6 Å². The number of hydrogen-bond acceptors (Lipinski definition) is 6. The van der Waals surface area contributed by atoms with Crippen molar-refractivity contribution in [3.05, 3.63) is 88.0 Å².